The van der Waals surface area contributed by atoms with Crippen LogP contribution in [-0.4, -0.2) is 36.4 Å². The second-order valence-electron chi connectivity index (χ2n) is 6.66. The van der Waals surface area contributed by atoms with Gasteiger partial charge in [0.05, 0.1) is 0 Å². The van der Waals surface area contributed by atoms with E-state index in [9.17, 15) is 9.59 Å². The Morgan fingerprint density at radius 3 is 1.50 bits per heavy atom. The van der Waals surface area contributed by atoms with Gasteiger partial charge in [0.15, 0.2) is 12.2 Å². The van der Waals surface area contributed by atoms with Crippen LogP contribution in [0.5, 0.6) is 0 Å². The van der Waals surface area contributed by atoms with Crippen molar-refractivity contribution in [3.63, 3.8) is 0 Å². The van der Waals surface area contributed by atoms with E-state index in [0.717, 1.165) is 51.4 Å². The number of carbonyl (C=O) groups is 2. The number of esters is 2. The summed E-state index contributed by atoms with van der Waals surface area (Å²) < 4.78 is 21.6. The van der Waals surface area contributed by atoms with Crippen molar-refractivity contribution in [3.05, 3.63) is 0 Å². The highest BCUT2D eigenvalue weighted by molar-refractivity contribution is 7.76. The molecule has 3 aliphatic rings. The lowest BCUT2D eigenvalue weighted by Gasteiger charge is -2.25. The van der Waals surface area contributed by atoms with Crippen molar-refractivity contribution in [2.75, 3.05) is 0 Å². The summed E-state index contributed by atoms with van der Waals surface area (Å²) in [6.07, 6.45) is 7.50. The molecule has 0 aromatic carbocycles. The quantitative estimate of drug-likeness (QED) is 0.544. The molecule has 0 spiro atoms. The van der Waals surface area contributed by atoms with Crippen molar-refractivity contribution in [3.8, 4) is 0 Å². The first-order valence-corrected chi connectivity index (χ1v) is 10.9. The average molecular weight is 379 g/mol. The van der Waals surface area contributed by atoms with Crippen molar-refractivity contribution >= 4 is 30.9 Å². The molecule has 0 amide bonds. The van der Waals surface area contributed by atoms with E-state index in [1.807, 2.05) is 0 Å². The molecular formula is C16H24ClO6P. The Bertz CT molecular complexity index is 410. The Balaban J connectivity index is 1.55. The van der Waals surface area contributed by atoms with E-state index in [2.05, 4.69) is 0 Å². The fourth-order valence-corrected chi connectivity index (χ4v) is 4.79. The summed E-state index contributed by atoms with van der Waals surface area (Å²) in [5, 5.41) is 0. The number of carbonyl (C=O) groups excluding carboxylic acids is 2. The molecule has 3 rings (SSSR count). The van der Waals surface area contributed by atoms with Gasteiger partial charge in [0.25, 0.3) is 7.73 Å². The van der Waals surface area contributed by atoms with E-state index in [-0.39, 0.29) is 12.2 Å². The van der Waals surface area contributed by atoms with Gasteiger partial charge in [-0.2, -0.15) is 0 Å². The van der Waals surface area contributed by atoms with E-state index in [0.29, 0.717) is 0 Å². The van der Waals surface area contributed by atoms with Crippen molar-refractivity contribution in [2.45, 2.75) is 88.6 Å². The van der Waals surface area contributed by atoms with Crippen LogP contribution < -0.4 is 0 Å². The van der Waals surface area contributed by atoms with E-state index < -0.39 is 31.9 Å². The molecule has 0 aromatic heterocycles. The first kappa shape index (κ1) is 18.4. The fourth-order valence-electron chi connectivity index (χ4n) is 3.48. The summed E-state index contributed by atoms with van der Waals surface area (Å²) in [6, 6.07) is 0. The maximum atomic E-state index is 12.4. The van der Waals surface area contributed by atoms with Crippen LogP contribution in [0.1, 0.15) is 64.2 Å². The van der Waals surface area contributed by atoms with Crippen LogP contribution in [0.15, 0.2) is 0 Å². The third-order valence-electron chi connectivity index (χ3n) is 4.80. The average Bonchev–Trinajstić information content (AvgIpc) is 2.99. The molecule has 0 N–H and O–H groups in total. The van der Waals surface area contributed by atoms with Crippen molar-refractivity contribution in [1.82, 2.24) is 0 Å². The molecule has 1 aliphatic heterocycles. The van der Waals surface area contributed by atoms with Gasteiger partial charge in [-0.3, -0.25) is 0 Å². The highest BCUT2D eigenvalue weighted by atomic mass is 35.7. The van der Waals surface area contributed by atoms with Gasteiger partial charge in [-0.25, -0.2) is 9.59 Å². The fraction of sp³-hybridized carbons (Fsp3) is 0.875. The van der Waals surface area contributed by atoms with Gasteiger partial charge in [0.1, 0.15) is 12.2 Å². The Kier molecular flexibility index (Phi) is 6.73. The van der Waals surface area contributed by atoms with E-state index in [1.54, 1.807) is 0 Å². The molecule has 0 aromatic rings. The van der Waals surface area contributed by atoms with Crippen LogP contribution in [-0.2, 0) is 28.1 Å². The molecule has 1 heterocycles. The first-order valence-electron chi connectivity index (χ1n) is 8.84. The Hall–Kier alpha value is -0.420. The number of hydrogen-bond acceptors (Lipinski definition) is 6. The maximum Gasteiger partial charge on any atom is 0.339 e. The van der Waals surface area contributed by atoms with Crippen molar-refractivity contribution in [2.24, 2.45) is 0 Å². The Labute approximate surface area is 148 Å². The number of hydrogen-bond donors (Lipinski definition) is 0. The first-order chi connectivity index (χ1) is 11.6. The van der Waals surface area contributed by atoms with Gasteiger partial charge in [-0.1, -0.05) is 12.8 Å². The standard InChI is InChI=1S/C16H24ClO6P/c17-24-22-13(15(18)20-11-7-3-1-4-8-11)14(23-24)16(19)21-12-9-5-2-6-10-12/h11-14H,1-10H2/t13-,14-/m0/s1. The second-order valence-corrected chi connectivity index (χ2v) is 8.33. The molecule has 6 nitrogen and oxygen atoms in total. The smallest absolute Gasteiger partial charge is 0.339 e. The zero-order valence-corrected chi connectivity index (χ0v) is 15.3. The minimum absolute atomic E-state index is 0.105. The zero-order valence-electron chi connectivity index (χ0n) is 13.7. The number of halogens is 1. The molecule has 0 unspecified atom stereocenters. The number of ether oxygens (including phenoxy) is 2. The summed E-state index contributed by atoms with van der Waals surface area (Å²) in [5.74, 6) is -1.14. The third kappa shape index (κ3) is 4.81. The molecule has 2 saturated carbocycles. The van der Waals surface area contributed by atoms with Gasteiger partial charge in [-0.05, 0) is 62.6 Å². The van der Waals surface area contributed by atoms with Gasteiger partial charge >= 0.3 is 11.9 Å². The maximum absolute atomic E-state index is 12.4. The van der Waals surface area contributed by atoms with Gasteiger partial charge in [0, 0.05) is 0 Å². The van der Waals surface area contributed by atoms with Gasteiger partial charge in [0.2, 0.25) is 0 Å². The molecule has 1 saturated heterocycles. The summed E-state index contributed by atoms with van der Waals surface area (Å²) in [5.41, 5.74) is 0. The summed E-state index contributed by atoms with van der Waals surface area (Å²) in [6.45, 7) is 0. The number of rotatable bonds is 4. The summed E-state index contributed by atoms with van der Waals surface area (Å²) in [7, 11) is -1.78. The summed E-state index contributed by atoms with van der Waals surface area (Å²) >= 11 is 5.88. The topological polar surface area (TPSA) is 71.1 Å². The molecule has 3 fully saturated rings. The molecule has 0 radical (unpaired) electrons. The summed E-state index contributed by atoms with van der Waals surface area (Å²) in [4.78, 5) is 24.8. The van der Waals surface area contributed by atoms with E-state index >= 15 is 0 Å². The lowest BCUT2D eigenvalue weighted by Crippen LogP contribution is -2.42. The zero-order chi connectivity index (χ0) is 16.9. The van der Waals surface area contributed by atoms with Crippen LogP contribution in [0, 0.1) is 0 Å². The SMILES string of the molecule is O=C(OC1CCCCC1)[C@H]1OP(Cl)O[C@@H]1C(=O)OC1CCCCC1. The van der Waals surface area contributed by atoms with Crippen LogP contribution in [0.2, 0.25) is 0 Å². The molecule has 8 heteroatoms. The van der Waals surface area contributed by atoms with Gasteiger partial charge < -0.3 is 18.5 Å². The molecular weight excluding hydrogens is 355 g/mol. The van der Waals surface area contributed by atoms with Crippen molar-refractivity contribution < 1.29 is 28.1 Å². The molecule has 2 atom stereocenters. The second kappa shape index (κ2) is 8.79. The largest absolute Gasteiger partial charge is 0.460 e. The Morgan fingerprint density at radius 1 is 0.750 bits per heavy atom. The molecule has 2 aliphatic carbocycles. The van der Waals surface area contributed by atoms with Crippen LogP contribution in [0.4, 0.5) is 0 Å². The minimum atomic E-state index is -1.78. The molecule has 0 bridgehead atoms. The minimum Gasteiger partial charge on any atom is -0.460 e. The van der Waals surface area contributed by atoms with Crippen LogP contribution in [0.3, 0.4) is 0 Å². The Morgan fingerprint density at radius 2 is 1.12 bits per heavy atom. The van der Waals surface area contributed by atoms with Crippen LogP contribution in [0.25, 0.3) is 0 Å². The predicted octanol–water partition coefficient (Wildman–Crippen LogP) is 3.99. The molecule has 136 valence electrons. The van der Waals surface area contributed by atoms with Crippen molar-refractivity contribution in [1.29, 1.82) is 0 Å². The highest BCUT2D eigenvalue weighted by Crippen LogP contribution is 2.53. The normalized spacial score (nSPS) is 30.2. The monoisotopic (exact) mass is 378 g/mol. The lowest BCUT2D eigenvalue weighted by atomic mass is 9.97. The van der Waals surface area contributed by atoms with E-state index in [1.165, 1.54) is 12.8 Å². The van der Waals surface area contributed by atoms with E-state index in [4.69, 9.17) is 29.8 Å². The predicted molar refractivity (Wildman–Crippen MR) is 88.4 cm³/mol. The van der Waals surface area contributed by atoms with Gasteiger partial charge in [-0.15, -0.1) is 0 Å². The third-order valence-corrected chi connectivity index (χ3v) is 6.07. The molecule has 24 heavy (non-hydrogen) atoms. The highest BCUT2D eigenvalue weighted by Gasteiger charge is 2.48. The lowest BCUT2D eigenvalue weighted by molar-refractivity contribution is -0.170. The van der Waals surface area contributed by atoms with Crippen LogP contribution >= 0.6 is 19.0 Å².